The minimum Gasteiger partial charge on any atom is -0.500 e. The molecule has 0 bridgehead atoms. The Balaban J connectivity index is 0.000000146. The zero-order valence-electron chi connectivity index (χ0n) is 80.6. The van der Waals surface area contributed by atoms with Crippen LogP contribution in [0.3, 0.4) is 0 Å². The van der Waals surface area contributed by atoms with E-state index in [2.05, 4.69) is 326 Å². The molecule has 0 amide bonds. The Morgan fingerprint density at radius 1 is 0.297 bits per heavy atom. The van der Waals surface area contributed by atoms with Crippen LogP contribution in [0.1, 0.15) is 75.2 Å². The van der Waals surface area contributed by atoms with Crippen LogP contribution >= 0.6 is 0 Å². The maximum atomic E-state index is 6.11. The molecule has 0 atom stereocenters. The smallest absolute Gasteiger partial charge is 0.142 e. The molecule has 11 aromatic heterocycles. The molecule has 138 heavy (non-hydrogen) atoms. The summed E-state index contributed by atoms with van der Waals surface area (Å²) in [5.74, 6) is 1.70. The van der Waals surface area contributed by atoms with Crippen molar-refractivity contribution in [1.82, 2.24) is 39.9 Å². The largest absolute Gasteiger partial charge is 0.500 e. The Labute approximate surface area is 856 Å². The van der Waals surface area contributed by atoms with Gasteiger partial charge in [-0.05, 0) is 161 Å². The number of aromatic nitrogens is 8. The van der Waals surface area contributed by atoms with Crippen LogP contribution < -0.4 is 31.1 Å². The van der Waals surface area contributed by atoms with Crippen molar-refractivity contribution in [1.29, 1.82) is 0 Å². The maximum Gasteiger partial charge on any atom is 0.142 e. The van der Waals surface area contributed by atoms with Gasteiger partial charge in [0.25, 0.3) is 0 Å². The number of hydrogen-bond donors (Lipinski definition) is 0. The van der Waals surface area contributed by atoms with Crippen molar-refractivity contribution in [2.75, 3.05) is 0 Å². The van der Waals surface area contributed by atoms with Gasteiger partial charge in [-0.15, -0.1) is 167 Å². The van der Waals surface area contributed by atoms with E-state index in [-0.39, 0.29) is 60.3 Å². The van der Waals surface area contributed by atoms with Crippen LogP contribution in [0.5, 0.6) is 0 Å². The fourth-order valence-corrected chi connectivity index (χ4v) is 25.7. The molecular weight excluding hydrogens is 2270 g/mol. The molecule has 17 heteroatoms. The van der Waals surface area contributed by atoms with Crippen LogP contribution in [-0.2, 0) is 79.6 Å². The van der Waals surface area contributed by atoms with Gasteiger partial charge in [0.15, 0.2) is 0 Å². The predicted octanol–water partition coefficient (Wildman–Crippen LogP) is 26.8. The molecule has 0 aliphatic carbocycles. The van der Waals surface area contributed by atoms with Crippen LogP contribution in [0.25, 0.3) is 133 Å². The first-order chi connectivity index (χ1) is 65.4. The van der Waals surface area contributed by atoms with E-state index >= 15 is 0 Å². The molecule has 3 radical (unpaired) electrons. The standard InChI is InChI=1S/C30H31N2OSi.C30H30NOSi.C28H27N2OSi.3C11H8N.3Ir/c1-19(2)14-23-17-27(31-18-29(23)34(5,6)24-10-8-7-9-11-24)22-12-13-28-25(16-22)26-15-20(3)32-21(4)30(26)33-28;1-20(2)15-23-18-27(31-19-30(23)33(4,5)24-9-7-6-8-10-24)22-12-14-28-26(17-22)25-13-11-21(3)16-29(25)32-28;1-19(2)14-20-16-25(29-18-27(20)32(3,4)22-10-6-5-7-11-22)21-15-24-23-12-8-9-13-26(23)31-28(24)30-17-21;3*1-2-6-10(7-3-1)11-8-4-5-9-12-11;;;/h7-11,13,15-19H,14H2,1-6H3;6-11,13-14,16-20H,15H2,1-5H3;5-13,15-16,18-19H,14H2,1-4H3;3*1-6,8-9H;;;/q6*-1;;;. The summed E-state index contributed by atoms with van der Waals surface area (Å²) in [6, 6.07) is 124. The topological polar surface area (TPSA) is 143 Å². The molecule has 10 aromatic carbocycles. The second kappa shape index (κ2) is 47.2. The van der Waals surface area contributed by atoms with Crippen molar-refractivity contribution in [3.05, 3.63) is 423 Å². The molecular formula is C121H112Ir3N8O3Si3-6. The summed E-state index contributed by atoms with van der Waals surface area (Å²) < 4.78 is 18.1. The molecule has 0 N–H and O–H groups in total. The monoisotopic (exact) mass is 2390 g/mol. The molecule has 0 saturated heterocycles. The van der Waals surface area contributed by atoms with Crippen molar-refractivity contribution in [3.63, 3.8) is 0 Å². The van der Waals surface area contributed by atoms with Gasteiger partial charge < -0.3 is 48.1 Å². The summed E-state index contributed by atoms with van der Waals surface area (Å²) in [6.45, 7) is 34.4. The summed E-state index contributed by atoms with van der Waals surface area (Å²) in [6.07, 6.45) is 18.0. The minimum atomic E-state index is -1.87. The van der Waals surface area contributed by atoms with E-state index in [4.69, 9.17) is 28.2 Å². The van der Waals surface area contributed by atoms with Crippen LogP contribution in [0.4, 0.5) is 0 Å². The van der Waals surface area contributed by atoms with E-state index in [1.807, 2.05) is 172 Å². The average Bonchev–Trinajstić information content (AvgIpc) is 1.62. The number of aryl methyl sites for hydroxylation is 3. The number of nitrogens with zero attached hydrogens (tertiary/aromatic N) is 8. The van der Waals surface area contributed by atoms with E-state index in [1.54, 1.807) is 18.6 Å². The second-order valence-corrected chi connectivity index (χ2v) is 50.3. The first-order valence-corrected chi connectivity index (χ1v) is 55.5. The Bertz CT molecular complexity index is 7260. The number of rotatable bonds is 18. The van der Waals surface area contributed by atoms with Gasteiger partial charge in [0.05, 0.1) is 16.9 Å². The molecule has 0 aliphatic heterocycles. The Morgan fingerprint density at radius 2 is 0.674 bits per heavy atom. The fourth-order valence-electron chi connectivity index (χ4n) is 17.5. The molecule has 0 spiro atoms. The van der Waals surface area contributed by atoms with Crippen molar-refractivity contribution in [3.8, 4) is 67.5 Å². The van der Waals surface area contributed by atoms with Crippen LogP contribution in [0, 0.1) is 75.1 Å². The van der Waals surface area contributed by atoms with Gasteiger partial charge >= 0.3 is 0 Å². The first kappa shape index (κ1) is 103. The number of furan rings is 3. The number of pyridine rings is 8. The van der Waals surface area contributed by atoms with Gasteiger partial charge in [0, 0.05) is 119 Å². The van der Waals surface area contributed by atoms with Gasteiger partial charge in [-0.3, -0.25) is 4.98 Å². The summed E-state index contributed by atoms with van der Waals surface area (Å²) >= 11 is 0. The van der Waals surface area contributed by atoms with Crippen LogP contribution in [0.15, 0.2) is 366 Å². The van der Waals surface area contributed by atoms with E-state index in [0.29, 0.717) is 23.5 Å². The van der Waals surface area contributed by atoms with Gasteiger partial charge in [0.2, 0.25) is 0 Å². The van der Waals surface area contributed by atoms with Crippen LogP contribution in [-0.4, -0.2) is 64.1 Å². The van der Waals surface area contributed by atoms with Crippen LogP contribution in [0.2, 0.25) is 39.3 Å². The van der Waals surface area contributed by atoms with Gasteiger partial charge in [0.1, 0.15) is 46.7 Å². The Hall–Kier alpha value is -12.6. The maximum absolute atomic E-state index is 6.11. The third-order valence-corrected chi connectivity index (χ3v) is 35.3. The average molecular weight is 2390 g/mol. The molecule has 0 aliphatic rings. The first-order valence-electron chi connectivity index (χ1n) is 46.5. The Morgan fingerprint density at radius 3 is 1.08 bits per heavy atom. The molecule has 11 heterocycles. The zero-order chi connectivity index (χ0) is 94.2. The van der Waals surface area contributed by atoms with Gasteiger partial charge in [-0.25, -0.2) is 0 Å². The molecule has 21 rings (SSSR count). The predicted molar refractivity (Wildman–Crippen MR) is 568 cm³/mol. The van der Waals surface area contributed by atoms with Gasteiger partial charge in [-0.2, -0.15) is 0 Å². The number of para-hydroxylation sites is 1. The molecule has 0 fully saturated rings. The second-order valence-electron chi connectivity index (χ2n) is 37.2. The van der Waals surface area contributed by atoms with E-state index in [9.17, 15) is 0 Å². The summed E-state index contributed by atoms with van der Waals surface area (Å²) in [4.78, 5) is 36.6. The molecule has 21 aromatic rings. The summed E-state index contributed by atoms with van der Waals surface area (Å²) in [5, 5.41) is 15.1. The van der Waals surface area contributed by atoms with E-state index in [0.717, 1.165) is 158 Å². The SMILES string of the molecule is CC(C)Cc1cc(-c2[c-]nc3oc4ccccc4c3c2)ncc1[Si](C)(C)c1ccccc1.Cc1cc2c(oc3c[c-]c(-c4cc(CC(C)C)c([Si](C)(C)c5ccccc5)cn4)cc32)c(C)n1.Cc1ccc2c(c1)oc1c[c-]c(-c3cc(CC(C)C)c([Si](C)(C)c4ccccc4)cn3)cc12.[Ir].[Ir].[Ir].[c-]1ccccc1-c1ccccn1.[c-]1ccccc1-c1ccccn1.[c-]1ccccc1-c1ccccn1. The zero-order valence-corrected chi connectivity index (χ0v) is 90.8. The molecule has 0 unspecified atom stereocenters. The number of benzene rings is 10. The third-order valence-electron chi connectivity index (χ3n) is 24.6. The Kier molecular flexibility index (Phi) is 35.1. The number of hydrogen-bond acceptors (Lipinski definition) is 11. The van der Waals surface area contributed by atoms with Crippen molar-refractivity contribution < 1.29 is 73.6 Å². The molecule has 699 valence electrons. The summed E-state index contributed by atoms with van der Waals surface area (Å²) in [7, 11) is -5.58. The summed E-state index contributed by atoms with van der Waals surface area (Å²) in [5.41, 5.74) is 24.1. The third kappa shape index (κ3) is 24.7. The minimum absolute atomic E-state index is 0. The normalized spacial score (nSPS) is 11.3. The fraction of sp³-hybridized carbons (Fsp3) is 0.174. The van der Waals surface area contributed by atoms with E-state index < -0.39 is 24.2 Å². The van der Waals surface area contributed by atoms with Gasteiger partial charge in [-0.1, -0.05) is 300 Å². The van der Waals surface area contributed by atoms with Crippen molar-refractivity contribution >= 4 is 121 Å². The molecule has 0 saturated carbocycles. The van der Waals surface area contributed by atoms with Crippen molar-refractivity contribution in [2.24, 2.45) is 17.8 Å². The van der Waals surface area contributed by atoms with E-state index in [1.165, 1.54) is 53.4 Å². The number of fused-ring (bicyclic) bond motifs is 9. The quantitative estimate of drug-likeness (QED) is 0.0598. The van der Waals surface area contributed by atoms with Crippen molar-refractivity contribution in [2.45, 2.75) is 121 Å². The molecule has 11 nitrogen and oxygen atoms in total.